The predicted molar refractivity (Wildman–Crippen MR) is 134 cm³/mol. The molecule has 0 radical (unpaired) electrons. The Bertz CT molecular complexity index is 1190. The van der Waals surface area contributed by atoms with Crippen molar-refractivity contribution in [1.82, 2.24) is 25.1 Å². The van der Waals surface area contributed by atoms with Crippen molar-refractivity contribution in [2.45, 2.75) is 19.5 Å². The molecule has 4 aromatic rings. The minimum Gasteiger partial charge on any atom is -0.367 e. The highest BCUT2D eigenvalue weighted by molar-refractivity contribution is 5.85. The average Bonchev–Trinajstić information content (AvgIpc) is 3.29. The molecule has 1 fully saturated rings. The highest BCUT2D eigenvalue weighted by Gasteiger charge is 2.31. The molecule has 0 bridgehead atoms. The standard InChI is InChI=1S/C26H27FN6.ClH/c1-20-11-13-22(14-12-20)25(26-28-29-30-33(26)19-21-7-3-2-4-8-21)32-17-15-31(16-18-32)24-10-6-5-9-23(24)27;/h2-14,25H,15-19H2,1H3;1H. The number of halogens is 2. The normalized spacial score (nSPS) is 15.1. The Morgan fingerprint density at radius 1 is 0.853 bits per heavy atom. The summed E-state index contributed by atoms with van der Waals surface area (Å²) in [4.78, 5) is 4.51. The Morgan fingerprint density at radius 3 is 2.24 bits per heavy atom. The average molecular weight is 479 g/mol. The Hall–Kier alpha value is -3.29. The second kappa shape index (κ2) is 10.8. The predicted octanol–water partition coefficient (Wildman–Crippen LogP) is 4.50. The van der Waals surface area contributed by atoms with Crippen LogP contribution in [0.1, 0.15) is 28.6 Å². The molecule has 0 N–H and O–H groups in total. The molecule has 0 aliphatic carbocycles. The van der Waals surface area contributed by atoms with Gasteiger partial charge in [-0.15, -0.1) is 17.5 Å². The maximum atomic E-state index is 14.3. The number of aromatic nitrogens is 4. The minimum absolute atomic E-state index is 0. The number of hydrogen-bond donors (Lipinski definition) is 0. The van der Waals surface area contributed by atoms with Gasteiger partial charge in [0.2, 0.25) is 0 Å². The summed E-state index contributed by atoms with van der Waals surface area (Å²) in [7, 11) is 0. The van der Waals surface area contributed by atoms with Gasteiger partial charge < -0.3 is 4.90 Å². The molecule has 0 saturated carbocycles. The summed E-state index contributed by atoms with van der Waals surface area (Å²) in [5.41, 5.74) is 4.19. The first-order valence-electron chi connectivity index (χ1n) is 11.3. The van der Waals surface area contributed by atoms with Crippen LogP contribution in [-0.4, -0.2) is 51.3 Å². The summed E-state index contributed by atoms with van der Waals surface area (Å²) < 4.78 is 16.2. The molecule has 34 heavy (non-hydrogen) atoms. The van der Waals surface area contributed by atoms with Crippen LogP contribution in [0.3, 0.4) is 0 Å². The van der Waals surface area contributed by atoms with Crippen LogP contribution < -0.4 is 4.90 Å². The van der Waals surface area contributed by atoms with E-state index in [2.05, 4.69) is 68.6 Å². The molecule has 1 unspecified atom stereocenters. The first-order valence-corrected chi connectivity index (χ1v) is 11.3. The number of rotatable bonds is 6. The topological polar surface area (TPSA) is 50.1 Å². The van der Waals surface area contributed by atoms with E-state index in [4.69, 9.17) is 0 Å². The number of para-hydroxylation sites is 1. The molecular weight excluding hydrogens is 451 g/mol. The summed E-state index contributed by atoms with van der Waals surface area (Å²) >= 11 is 0. The lowest BCUT2D eigenvalue weighted by Crippen LogP contribution is -2.48. The van der Waals surface area contributed by atoms with Gasteiger partial charge in [0, 0.05) is 26.2 Å². The van der Waals surface area contributed by atoms with E-state index in [1.54, 1.807) is 6.07 Å². The molecule has 6 nitrogen and oxygen atoms in total. The number of benzene rings is 3. The van der Waals surface area contributed by atoms with Crippen molar-refractivity contribution in [2.24, 2.45) is 0 Å². The molecular formula is C26H28ClFN6. The highest BCUT2D eigenvalue weighted by atomic mass is 35.5. The Morgan fingerprint density at radius 2 is 1.53 bits per heavy atom. The van der Waals surface area contributed by atoms with E-state index < -0.39 is 0 Å². The molecule has 1 aromatic heterocycles. The van der Waals surface area contributed by atoms with Crippen molar-refractivity contribution in [3.63, 3.8) is 0 Å². The van der Waals surface area contributed by atoms with Gasteiger partial charge in [-0.3, -0.25) is 4.90 Å². The molecule has 1 aliphatic heterocycles. The molecule has 176 valence electrons. The van der Waals surface area contributed by atoms with Gasteiger partial charge in [0.25, 0.3) is 0 Å². The van der Waals surface area contributed by atoms with E-state index in [0.29, 0.717) is 12.2 Å². The van der Waals surface area contributed by atoms with Crippen LogP contribution in [0.15, 0.2) is 78.9 Å². The Balaban J connectivity index is 0.00000274. The molecule has 3 aromatic carbocycles. The van der Waals surface area contributed by atoms with E-state index in [9.17, 15) is 4.39 Å². The summed E-state index contributed by atoms with van der Waals surface area (Å²) in [6, 6.07) is 25.7. The third-order valence-corrected chi connectivity index (χ3v) is 6.24. The van der Waals surface area contributed by atoms with Crippen LogP contribution in [0.5, 0.6) is 0 Å². The lowest BCUT2D eigenvalue weighted by atomic mass is 10.0. The smallest absolute Gasteiger partial charge is 0.173 e. The van der Waals surface area contributed by atoms with Crippen molar-refractivity contribution in [1.29, 1.82) is 0 Å². The van der Waals surface area contributed by atoms with Crippen molar-refractivity contribution in [2.75, 3.05) is 31.1 Å². The fraction of sp³-hybridized carbons (Fsp3) is 0.269. The number of piperazine rings is 1. The van der Waals surface area contributed by atoms with Gasteiger partial charge in [-0.25, -0.2) is 9.07 Å². The van der Waals surface area contributed by atoms with Gasteiger partial charge >= 0.3 is 0 Å². The van der Waals surface area contributed by atoms with Crippen molar-refractivity contribution in [3.05, 3.63) is 107 Å². The van der Waals surface area contributed by atoms with Gasteiger partial charge in [0.1, 0.15) is 5.82 Å². The molecule has 0 amide bonds. The maximum Gasteiger partial charge on any atom is 0.173 e. The minimum atomic E-state index is -0.173. The number of anilines is 1. The summed E-state index contributed by atoms with van der Waals surface area (Å²) in [6.45, 7) is 5.75. The molecule has 8 heteroatoms. The first kappa shape index (κ1) is 23.9. The van der Waals surface area contributed by atoms with Gasteiger partial charge in [-0.2, -0.15) is 0 Å². The van der Waals surface area contributed by atoms with Gasteiger partial charge in [0.05, 0.1) is 18.3 Å². The fourth-order valence-electron chi connectivity index (χ4n) is 4.48. The third-order valence-electron chi connectivity index (χ3n) is 6.24. The van der Waals surface area contributed by atoms with E-state index in [1.807, 2.05) is 35.0 Å². The zero-order valence-electron chi connectivity index (χ0n) is 19.1. The fourth-order valence-corrected chi connectivity index (χ4v) is 4.48. The Kier molecular flexibility index (Phi) is 7.55. The molecule has 5 rings (SSSR count). The lowest BCUT2D eigenvalue weighted by molar-refractivity contribution is 0.201. The highest BCUT2D eigenvalue weighted by Crippen LogP contribution is 2.30. The number of tetrazole rings is 1. The van der Waals surface area contributed by atoms with Gasteiger partial charge in [-0.05, 0) is 40.6 Å². The summed E-state index contributed by atoms with van der Waals surface area (Å²) in [5, 5.41) is 12.8. The second-order valence-electron chi connectivity index (χ2n) is 8.47. The first-order chi connectivity index (χ1) is 16.2. The van der Waals surface area contributed by atoms with Crippen LogP contribution in [0.25, 0.3) is 0 Å². The van der Waals surface area contributed by atoms with E-state index in [0.717, 1.165) is 43.1 Å². The zero-order valence-corrected chi connectivity index (χ0v) is 19.9. The number of hydrogen-bond acceptors (Lipinski definition) is 5. The number of nitrogens with zero attached hydrogens (tertiary/aromatic N) is 6. The van der Waals surface area contributed by atoms with Crippen LogP contribution in [0.4, 0.5) is 10.1 Å². The zero-order chi connectivity index (χ0) is 22.6. The van der Waals surface area contributed by atoms with Crippen molar-refractivity contribution < 1.29 is 4.39 Å². The molecule has 0 spiro atoms. The van der Waals surface area contributed by atoms with E-state index in [-0.39, 0.29) is 24.3 Å². The number of aryl methyl sites for hydroxylation is 1. The van der Waals surface area contributed by atoms with Gasteiger partial charge in [0.15, 0.2) is 5.82 Å². The maximum absolute atomic E-state index is 14.3. The van der Waals surface area contributed by atoms with Crippen LogP contribution in [0.2, 0.25) is 0 Å². The molecule has 1 atom stereocenters. The van der Waals surface area contributed by atoms with Gasteiger partial charge in [-0.1, -0.05) is 72.3 Å². The SMILES string of the molecule is Cc1ccc(C(c2nnnn2Cc2ccccc2)N2CCN(c3ccccc3F)CC2)cc1.Cl. The molecule has 2 heterocycles. The monoisotopic (exact) mass is 478 g/mol. The summed E-state index contributed by atoms with van der Waals surface area (Å²) in [6.07, 6.45) is 0. The lowest BCUT2D eigenvalue weighted by Gasteiger charge is -2.40. The van der Waals surface area contributed by atoms with E-state index >= 15 is 0 Å². The van der Waals surface area contributed by atoms with E-state index in [1.165, 1.54) is 11.6 Å². The molecule has 1 aliphatic rings. The largest absolute Gasteiger partial charge is 0.367 e. The second-order valence-corrected chi connectivity index (χ2v) is 8.47. The quantitative estimate of drug-likeness (QED) is 0.408. The third kappa shape index (κ3) is 5.11. The van der Waals surface area contributed by atoms with Crippen LogP contribution in [-0.2, 0) is 6.54 Å². The Labute approximate surface area is 205 Å². The van der Waals surface area contributed by atoms with Crippen molar-refractivity contribution >= 4 is 18.1 Å². The van der Waals surface area contributed by atoms with Crippen LogP contribution in [0, 0.1) is 12.7 Å². The summed E-state index contributed by atoms with van der Waals surface area (Å²) in [5.74, 6) is 0.648. The van der Waals surface area contributed by atoms with Crippen molar-refractivity contribution in [3.8, 4) is 0 Å². The van der Waals surface area contributed by atoms with Crippen LogP contribution >= 0.6 is 12.4 Å². The molecule has 1 saturated heterocycles.